The normalized spacial score (nSPS) is 16.8. The van der Waals surface area contributed by atoms with Gasteiger partial charge in [-0.05, 0) is 37.0 Å². The number of carbonyl (C=O) groups excluding carboxylic acids is 1. The Bertz CT molecular complexity index is 1450. The molecule has 1 aromatic carbocycles. The van der Waals surface area contributed by atoms with Crippen molar-refractivity contribution in [3.63, 3.8) is 0 Å². The Kier molecular flexibility index (Phi) is 5.25. The number of methoxy groups -OCH3 is 1. The van der Waals surface area contributed by atoms with E-state index >= 15 is 0 Å². The second-order valence-electron chi connectivity index (χ2n) is 9.72. The number of nitrogens with two attached hydrogens (primary N) is 1. The molecule has 1 saturated carbocycles. The number of fused-ring (bicyclic) bond motifs is 3. The highest BCUT2D eigenvalue weighted by atomic mass is 19.1. The van der Waals surface area contributed by atoms with E-state index < -0.39 is 12.7 Å². The number of amides is 1. The van der Waals surface area contributed by atoms with Crippen LogP contribution in [0, 0.1) is 5.92 Å². The predicted octanol–water partition coefficient (Wildman–Crippen LogP) is 3.30. The molecule has 1 unspecified atom stereocenters. The van der Waals surface area contributed by atoms with Crippen LogP contribution < -0.4 is 10.5 Å². The van der Waals surface area contributed by atoms with Crippen LogP contribution in [0.4, 0.5) is 4.39 Å². The van der Waals surface area contributed by atoms with Crippen molar-refractivity contribution in [3.8, 4) is 17.3 Å². The van der Waals surface area contributed by atoms with Crippen LogP contribution in [-0.4, -0.2) is 62.8 Å². The number of hydrogen-bond acceptors (Lipinski definition) is 5. The molecule has 9 heteroatoms. The van der Waals surface area contributed by atoms with E-state index in [4.69, 9.17) is 20.4 Å². The maximum absolute atomic E-state index is 13.1. The highest BCUT2D eigenvalue weighted by Crippen LogP contribution is 2.39. The van der Waals surface area contributed by atoms with Gasteiger partial charge in [-0.1, -0.05) is 12.1 Å². The van der Waals surface area contributed by atoms with Crippen molar-refractivity contribution >= 4 is 28.0 Å². The molecule has 1 atom stereocenters. The minimum Gasteiger partial charge on any atom is -0.495 e. The first-order valence-corrected chi connectivity index (χ1v) is 12.1. The first-order valence-electron chi connectivity index (χ1n) is 12.1. The van der Waals surface area contributed by atoms with Crippen LogP contribution in [0.25, 0.3) is 33.6 Å². The van der Waals surface area contributed by atoms with E-state index in [-0.39, 0.29) is 12.5 Å². The molecule has 8 nitrogen and oxygen atoms in total. The SMILES string of the molecule is COc1cccc2cc(-c3nc4cc5c(nc4n3C)CCN(CC(N)CF)C5=O)n(CC3CC3)c12. The summed E-state index contributed by atoms with van der Waals surface area (Å²) in [6.07, 6.45) is 3.07. The van der Waals surface area contributed by atoms with Crippen molar-refractivity contribution in [2.45, 2.75) is 31.8 Å². The van der Waals surface area contributed by atoms with E-state index in [1.807, 2.05) is 29.8 Å². The first kappa shape index (κ1) is 22.0. The van der Waals surface area contributed by atoms with Crippen LogP contribution in [0.3, 0.4) is 0 Å². The fourth-order valence-corrected chi connectivity index (χ4v) is 5.16. The van der Waals surface area contributed by atoms with Crippen molar-refractivity contribution in [2.24, 2.45) is 18.7 Å². The summed E-state index contributed by atoms with van der Waals surface area (Å²) in [6, 6.07) is 9.40. The number of benzene rings is 1. The Labute approximate surface area is 202 Å². The quantitative estimate of drug-likeness (QED) is 0.442. The number of nitrogens with zero attached hydrogens (tertiary/aromatic N) is 5. The second-order valence-corrected chi connectivity index (χ2v) is 9.72. The molecule has 1 aliphatic carbocycles. The van der Waals surface area contributed by atoms with Gasteiger partial charge in [0.05, 0.1) is 35.6 Å². The van der Waals surface area contributed by atoms with Crippen LogP contribution in [0.5, 0.6) is 5.75 Å². The molecule has 4 aromatic rings. The summed E-state index contributed by atoms with van der Waals surface area (Å²) in [5, 5.41) is 1.11. The van der Waals surface area contributed by atoms with Crippen LogP contribution in [-0.2, 0) is 20.0 Å². The Hall–Kier alpha value is -3.46. The van der Waals surface area contributed by atoms with Crippen molar-refractivity contribution in [1.82, 2.24) is 24.0 Å². The first-order chi connectivity index (χ1) is 17.0. The number of aryl methyl sites for hydroxylation is 1. The number of hydrogen-bond donors (Lipinski definition) is 1. The topological polar surface area (TPSA) is 91.2 Å². The summed E-state index contributed by atoms with van der Waals surface area (Å²) in [4.78, 5) is 24.5. The monoisotopic (exact) mass is 476 g/mol. The van der Waals surface area contributed by atoms with E-state index in [1.165, 1.54) is 12.8 Å². The number of para-hydroxylation sites is 1. The molecule has 0 saturated heterocycles. The average molecular weight is 477 g/mol. The number of ether oxygens (including phenoxy) is 1. The maximum atomic E-state index is 13.1. The van der Waals surface area contributed by atoms with Crippen molar-refractivity contribution in [2.75, 3.05) is 26.9 Å². The molecule has 35 heavy (non-hydrogen) atoms. The van der Waals surface area contributed by atoms with E-state index in [1.54, 1.807) is 12.0 Å². The van der Waals surface area contributed by atoms with Gasteiger partial charge in [-0.25, -0.2) is 14.4 Å². The van der Waals surface area contributed by atoms with E-state index in [0.29, 0.717) is 30.0 Å². The summed E-state index contributed by atoms with van der Waals surface area (Å²) in [5.74, 6) is 2.15. The largest absolute Gasteiger partial charge is 0.495 e. The smallest absolute Gasteiger partial charge is 0.255 e. The summed E-state index contributed by atoms with van der Waals surface area (Å²) >= 11 is 0. The van der Waals surface area contributed by atoms with E-state index in [0.717, 1.165) is 46.1 Å². The lowest BCUT2D eigenvalue weighted by atomic mass is 10.0. The fourth-order valence-electron chi connectivity index (χ4n) is 5.16. The fraction of sp³-hybridized carbons (Fsp3) is 0.423. The van der Waals surface area contributed by atoms with Gasteiger partial charge in [-0.2, -0.15) is 0 Å². The summed E-state index contributed by atoms with van der Waals surface area (Å²) in [7, 11) is 3.67. The molecule has 1 fully saturated rings. The molecule has 0 radical (unpaired) electrons. The van der Waals surface area contributed by atoms with Crippen LogP contribution >= 0.6 is 0 Å². The predicted molar refractivity (Wildman–Crippen MR) is 132 cm³/mol. The molecular formula is C26H29FN6O2. The third kappa shape index (κ3) is 3.65. The number of halogens is 1. The maximum Gasteiger partial charge on any atom is 0.255 e. The Morgan fingerprint density at radius 1 is 1.26 bits per heavy atom. The lowest BCUT2D eigenvalue weighted by Gasteiger charge is -2.29. The van der Waals surface area contributed by atoms with Crippen molar-refractivity contribution in [1.29, 1.82) is 0 Å². The number of alkyl halides is 1. The Morgan fingerprint density at radius 3 is 2.83 bits per heavy atom. The molecule has 0 spiro atoms. The minimum absolute atomic E-state index is 0.163. The zero-order valence-electron chi connectivity index (χ0n) is 20.0. The standard InChI is InChI=1S/C26H29FN6O2/c1-31-24-20(11-18-19(29-24)8-9-32(26(18)34)14-17(28)12-27)30-25(31)21-10-16-4-3-5-22(35-2)23(16)33(21)13-15-6-7-15/h3-5,10-11,15,17H,6-9,12-14,28H2,1-2H3. The molecule has 6 rings (SSSR count). The molecule has 1 amide bonds. The van der Waals surface area contributed by atoms with Crippen LogP contribution in [0.15, 0.2) is 30.3 Å². The zero-order valence-corrected chi connectivity index (χ0v) is 20.0. The Balaban J connectivity index is 1.47. The number of aromatic nitrogens is 4. The molecule has 0 bridgehead atoms. The van der Waals surface area contributed by atoms with Gasteiger partial charge in [0.1, 0.15) is 17.9 Å². The van der Waals surface area contributed by atoms with Gasteiger partial charge in [-0.15, -0.1) is 0 Å². The lowest BCUT2D eigenvalue weighted by Crippen LogP contribution is -2.45. The third-order valence-electron chi connectivity index (χ3n) is 7.18. The number of pyridine rings is 1. The second kappa shape index (κ2) is 8.34. The lowest BCUT2D eigenvalue weighted by molar-refractivity contribution is 0.0723. The highest BCUT2D eigenvalue weighted by molar-refractivity contribution is 5.99. The zero-order chi connectivity index (χ0) is 24.3. The van der Waals surface area contributed by atoms with Gasteiger partial charge in [0.2, 0.25) is 0 Å². The van der Waals surface area contributed by atoms with Gasteiger partial charge in [0, 0.05) is 38.5 Å². The average Bonchev–Trinajstić information content (AvgIpc) is 3.54. The molecule has 2 N–H and O–H groups in total. The van der Waals surface area contributed by atoms with Gasteiger partial charge in [0.15, 0.2) is 11.5 Å². The molecule has 2 aliphatic rings. The van der Waals surface area contributed by atoms with Crippen molar-refractivity contribution < 1.29 is 13.9 Å². The van der Waals surface area contributed by atoms with E-state index in [2.05, 4.69) is 16.7 Å². The molecule has 3 aromatic heterocycles. The van der Waals surface area contributed by atoms with Gasteiger partial charge in [-0.3, -0.25) is 4.79 Å². The molecular weight excluding hydrogens is 447 g/mol. The molecule has 1 aliphatic heterocycles. The van der Waals surface area contributed by atoms with Crippen molar-refractivity contribution in [3.05, 3.63) is 41.6 Å². The molecule has 182 valence electrons. The van der Waals surface area contributed by atoms with Gasteiger partial charge in [0.25, 0.3) is 5.91 Å². The highest BCUT2D eigenvalue weighted by Gasteiger charge is 2.30. The van der Waals surface area contributed by atoms with Gasteiger partial charge >= 0.3 is 0 Å². The number of imidazole rings is 1. The van der Waals surface area contributed by atoms with Gasteiger partial charge < -0.3 is 24.5 Å². The molecule has 4 heterocycles. The minimum atomic E-state index is -0.677. The number of rotatable bonds is 7. The number of carbonyl (C=O) groups is 1. The Morgan fingerprint density at radius 2 is 2.09 bits per heavy atom. The summed E-state index contributed by atoms with van der Waals surface area (Å²) in [5.41, 5.74) is 10.5. The van der Waals surface area contributed by atoms with Crippen LogP contribution in [0.2, 0.25) is 0 Å². The van der Waals surface area contributed by atoms with Crippen LogP contribution in [0.1, 0.15) is 28.9 Å². The van der Waals surface area contributed by atoms with E-state index in [9.17, 15) is 9.18 Å². The third-order valence-corrected chi connectivity index (χ3v) is 7.18. The summed E-state index contributed by atoms with van der Waals surface area (Å²) in [6.45, 7) is 0.938. The summed E-state index contributed by atoms with van der Waals surface area (Å²) < 4.78 is 22.9.